The van der Waals surface area contributed by atoms with Crippen LogP contribution in [0.2, 0.25) is 10.0 Å². The van der Waals surface area contributed by atoms with Gasteiger partial charge in [0.15, 0.2) is 0 Å². The molecule has 23 heavy (non-hydrogen) atoms. The van der Waals surface area contributed by atoms with E-state index in [9.17, 15) is 4.79 Å². The van der Waals surface area contributed by atoms with Crippen molar-refractivity contribution in [2.45, 2.75) is 5.38 Å². The Hall–Kier alpha value is -1.42. The van der Waals surface area contributed by atoms with E-state index in [0.29, 0.717) is 28.7 Å². The zero-order chi connectivity index (χ0) is 16.8. The number of benzene rings is 2. The minimum Gasteiger partial charge on any atom is -0.373 e. The minimum absolute atomic E-state index is 0.226. The summed E-state index contributed by atoms with van der Waals surface area (Å²) in [7, 11) is 1.94. The van der Waals surface area contributed by atoms with Gasteiger partial charge in [-0.25, -0.2) is 0 Å². The van der Waals surface area contributed by atoms with Gasteiger partial charge < -0.3 is 10.2 Å². The van der Waals surface area contributed by atoms with Crippen LogP contribution in [0.5, 0.6) is 0 Å². The van der Waals surface area contributed by atoms with E-state index in [1.54, 1.807) is 24.3 Å². The third-order valence-electron chi connectivity index (χ3n) is 3.34. The van der Waals surface area contributed by atoms with Crippen LogP contribution in [-0.4, -0.2) is 31.4 Å². The number of halogens is 3. The van der Waals surface area contributed by atoms with Crippen LogP contribution >= 0.6 is 34.8 Å². The van der Waals surface area contributed by atoms with Gasteiger partial charge in [-0.1, -0.05) is 35.3 Å². The molecule has 1 amide bonds. The summed E-state index contributed by atoms with van der Waals surface area (Å²) in [6.07, 6.45) is 0. The first kappa shape index (κ1) is 17.9. The quantitative estimate of drug-likeness (QED) is 0.760. The molecule has 2 aromatic rings. The lowest BCUT2D eigenvalue weighted by Crippen LogP contribution is -2.36. The molecule has 1 N–H and O–H groups in total. The van der Waals surface area contributed by atoms with Crippen LogP contribution in [0.4, 0.5) is 5.69 Å². The number of hydrogen-bond acceptors (Lipinski definition) is 2. The molecule has 0 aromatic heterocycles. The van der Waals surface area contributed by atoms with E-state index in [1.807, 2.05) is 36.2 Å². The largest absolute Gasteiger partial charge is 0.373 e. The molecule has 0 aliphatic heterocycles. The zero-order valence-corrected chi connectivity index (χ0v) is 14.9. The molecule has 6 heteroatoms. The van der Waals surface area contributed by atoms with Gasteiger partial charge in [-0.15, -0.1) is 11.6 Å². The fraction of sp³-hybridized carbons (Fsp3) is 0.235. The Balaban J connectivity index is 1.85. The number of hydrogen-bond donors (Lipinski definition) is 1. The summed E-state index contributed by atoms with van der Waals surface area (Å²) in [5.41, 5.74) is 1.46. The first-order valence-electron chi connectivity index (χ1n) is 7.11. The molecule has 0 saturated heterocycles. The highest BCUT2D eigenvalue weighted by molar-refractivity contribution is 6.33. The van der Waals surface area contributed by atoms with E-state index in [-0.39, 0.29) is 11.3 Å². The third kappa shape index (κ3) is 5.31. The maximum Gasteiger partial charge on any atom is 0.252 e. The summed E-state index contributed by atoms with van der Waals surface area (Å²) in [5, 5.41) is 3.68. The lowest BCUT2D eigenvalue weighted by atomic mass is 10.2. The van der Waals surface area contributed by atoms with Crippen molar-refractivity contribution in [2.24, 2.45) is 0 Å². The van der Waals surface area contributed by atoms with Crippen molar-refractivity contribution in [3.8, 4) is 0 Å². The lowest BCUT2D eigenvalue weighted by Gasteiger charge is -2.22. The molecule has 122 valence electrons. The van der Waals surface area contributed by atoms with Gasteiger partial charge in [0, 0.05) is 30.8 Å². The normalized spacial score (nSPS) is 11.8. The van der Waals surface area contributed by atoms with Crippen molar-refractivity contribution >= 4 is 46.4 Å². The standard InChI is InChI=1S/C17H17Cl3N2O/c1-22(14-8-6-12(18)7-9-14)11-13(19)10-21-17(23)15-4-2-3-5-16(15)20/h2-9,13H,10-11H2,1H3,(H,21,23). The Kier molecular flexibility index (Phi) is 6.58. The maximum absolute atomic E-state index is 12.1. The highest BCUT2D eigenvalue weighted by Crippen LogP contribution is 2.18. The molecule has 0 aliphatic carbocycles. The lowest BCUT2D eigenvalue weighted by molar-refractivity contribution is 0.0954. The number of alkyl halides is 1. The highest BCUT2D eigenvalue weighted by atomic mass is 35.5. The van der Waals surface area contributed by atoms with E-state index in [2.05, 4.69) is 5.32 Å². The third-order valence-corrected chi connectivity index (χ3v) is 4.22. The van der Waals surface area contributed by atoms with E-state index in [0.717, 1.165) is 5.69 Å². The van der Waals surface area contributed by atoms with Crippen molar-refractivity contribution in [1.82, 2.24) is 5.32 Å². The number of nitrogens with one attached hydrogen (secondary N) is 1. The Bertz CT molecular complexity index is 661. The smallest absolute Gasteiger partial charge is 0.252 e. The topological polar surface area (TPSA) is 32.3 Å². The van der Waals surface area contributed by atoms with Gasteiger partial charge in [0.25, 0.3) is 5.91 Å². The van der Waals surface area contributed by atoms with Gasteiger partial charge in [-0.05, 0) is 36.4 Å². The average molecular weight is 372 g/mol. The fourth-order valence-electron chi connectivity index (χ4n) is 2.11. The van der Waals surface area contributed by atoms with Gasteiger partial charge >= 0.3 is 0 Å². The highest BCUT2D eigenvalue weighted by Gasteiger charge is 2.13. The van der Waals surface area contributed by atoms with Gasteiger partial charge in [0.1, 0.15) is 0 Å². The summed E-state index contributed by atoms with van der Waals surface area (Å²) in [6.45, 7) is 0.940. The molecule has 0 bridgehead atoms. The van der Waals surface area contributed by atoms with E-state index in [4.69, 9.17) is 34.8 Å². The van der Waals surface area contributed by atoms with Crippen molar-refractivity contribution in [1.29, 1.82) is 0 Å². The number of rotatable bonds is 6. The second-order valence-electron chi connectivity index (χ2n) is 5.14. The second kappa shape index (κ2) is 8.44. The molecule has 1 unspecified atom stereocenters. The minimum atomic E-state index is -0.234. The Morgan fingerprint density at radius 1 is 1.13 bits per heavy atom. The molecule has 0 radical (unpaired) electrons. The maximum atomic E-state index is 12.1. The number of anilines is 1. The summed E-state index contributed by atoms with van der Waals surface area (Å²) in [6, 6.07) is 14.4. The van der Waals surface area contributed by atoms with Gasteiger partial charge in [-0.3, -0.25) is 4.79 Å². The molecule has 0 spiro atoms. The van der Waals surface area contributed by atoms with Crippen LogP contribution in [0.25, 0.3) is 0 Å². The molecule has 0 heterocycles. The molecule has 2 aromatic carbocycles. The summed E-state index contributed by atoms with van der Waals surface area (Å²) < 4.78 is 0. The fourth-order valence-corrected chi connectivity index (χ4v) is 2.74. The molecule has 1 atom stereocenters. The summed E-state index contributed by atoms with van der Waals surface area (Å²) >= 11 is 18.2. The average Bonchev–Trinajstić information content (AvgIpc) is 2.53. The van der Waals surface area contributed by atoms with E-state index in [1.165, 1.54) is 0 Å². The Labute approximate surface area is 151 Å². The summed E-state index contributed by atoms with van der Waals surface area (Å²) in [4.78, 5) is 14.1. The molecule has 0 aliphatic rings. The number of nitrogens with zero attached hydrogens (tertiary/aromatic N) is 1. The summed E-state index contributed by atoms with van der Waals surface area (Å²) in [5.74, 6) is -0.226. The van der Waals surface area contributed by atoms with E-state index < -0.39 is 0 Å². The molecular formula is C17H17Cl3N2O. The second-order valence-corrected chi connectivity index (χ2v) is 6.60. The number of carbonyl (C=O) groups is 1. The first-order valence-corrected chi connectivity index (χ1v) is 8.30. The van der Waals surface area contributed by atoms with Crippen LogP contribution in [0.1, 0.15) is 10.4 Å². The Morgan fingerprint density at radius 3 is 2.43 bits per heavy atom. The van der Waals surface area contributed by atoms with Crippen molar-refractivity contribution in [3.63, 3.8) is 0 Å². The van der Waals surface area contributed by atoms with Crippen molar-refractivity contribution < 1.29 is 4.79 Å². The van der Waals surface area contributed by atoms with Crippen LogP contribution in [-0.2, 0) is 0 Å². The van der Waals surface area contributed by atoms with Gasteiger partial charge in [0.2, 0.25) is 0 Å². The molecule has 0 saturated carbocycles. The Morgan fingerprint density at radius 2 is 1.78 bits per heavy atom. The van der Waals surface area contributed by atoms with Crippen LogP contribution < -0.4 is 10.2 Å². The molecule has 2 rings (SSSR count). The molecule has 0 fully saturated rings. The molecular weight excluding hydrogens is 355 g/mol. The van der Waals surface area contributed by atoms with Crippen molar-refractivity contribution in [3.05, 3.63) is 64.1 Å². The SMILES string of the molecule is CN(CC(Cl)CNC(=O)c1ccccc1Cl)c1ccc(Cl)cc1. The van der Waals surface area contributed by atoms with Gasteiger partial charge in [0.05, 0.1) is 16.0 Å². The number of amides is 1. The predicted molar refractivity (Wildman–Crippen MR) is 98.1 cm³/mol. The first-order chi connectivity index (χ1) is 11.0. The van der Waals surface area contributed by atoms with E-state index >= 15 is 0 Å². The van der Waals surface area contributed by atoms with Crippen LogP contribution in [0.15, 0.2) is 48.5 Å². The van der Waals surface area contributed by atoms with Crippen molar-refractivity contribution in [2.75, 3.05) is 25.0 Å². The van der Waals surface area contributed by atoms with Gasteiger partial charge in [-0.2, -0.15) is 0 Å². The molecule has 3 nitrogen and oxygen atoms in total. The van der Waals surface area contributed by atoms with Crippen LogP contribution in [0, 0.1) is 0 Å². The van der Waals surface area contributed by atoms with Crippen LogP contribution in [0.3, 0.4) is 0 Å². The predicted octanol–water partition coefficient (Wildman–Crippen LogP) is 4.47. The monoisotopic (exact) mass is 370 g/mol. The zero-order valence-electron chi connectivity index (χ0n) is 12.6. The number of carbonyl (C=O) groups excluding carboxylic acids is 1.